The molecule has 0 bridgehead atoms. The van der Waals surface area contributed by atoms with Crippen molar-refractivity contribution in [2.24, 2.45) is 0 Å². The van der Waals surface area contributed by atoms with Crippen LogP contribution in [0.1, 0.15) is 59.0 Å². The molecule has 2 aliphatic heterocycles. The van der Waals surface area contributed by atoms with Gasteiger partial charge in [-0.2, -0.15) is 0 Å². The Balaban J connectivity index is 1.32. The highest BCUT2D eigenvalue weighted by molar-refractivity contribution is 5.94. The Kier molecular flexibility index (Phi) is 6.69. The van der Waals surface area contributed by atoms with Gasteiger partial charge in [0.05, 0.1) is 11.3 Å². The number of piperidine rings is 1. The average molecular weight is 413 g/mol. The topological polar surface area (TPSA) is 67.3 Å². The monoisotopic (exact) mass is 412 g/mol. The van der Waals surface area contributed by atoms with E-state index in [2.05, 4.69) is 20.2 Å². The molecule has 1 N–H and O–H groups in total. The second kappa shape index (κ2) is 9.62. The van der Waals surface area contributed by atoms with Crippen molar-refractivity contribution in [3.63, 3.8) is 0 Å². The summed E-state index contributed by atoms with van der Waals surface area (Å²) in [6.45, 7) is 6.07. The Morgan fingerprint density at radius 1 is 1.17 bits per heavy atom. The van der Waals surface area contributed by atoms with Crippen LogP contribution < -0.4 is 5.32 Å². The molecule has 6 nitrogen and oxygen atoms in total. The molecule has 2 aromatic rings. The van der Waals surface area contributed by atoms with E-state index < -0.39 is 0 Å². The predicted molar refractivity (Wildman–Crippen MR) is 112 cm³/mol. The second-order valence-corrected chi connectivity index (χ2v) is 8.19. The fourth-order valence-electron chi connectivity index (χ4n) is 4.36. The van der Waals surface area contributed by atoms with E-state index in [1.165, 1.54) is 12.1 Å². The zero-order valence-corrected chi connectivity index (χ0v) is 17.4. The summed E-state index contributed by atoms with van der Waals surface area (Å²) in [4.78, 5) is 24.3. The zero-order chi connectivity index (χ0) is 20.9. The predicted octanol–water partition coefficient (Wildman–Crippen LogP) is 3.21. The van der Waals surface area contributed by atoms with Crippen LogP contribution >= 0.6 is 0 Å². The van der Waals surface area contributed by atoms with E-state index in [4.69, 9.17) is 4.74 Å². The van der Waals surface area contributed by atoms with Gasteiger partial charge in [0.15, 0.2) is 0 Å². The van der Waals surface area contributed by atoms with Crippen LogP contribution in [0.15, 0.2) is 30.5 Å². The lowest BCUT2D eigenvalue weighted by molar-refractivity contribution is 0.0248. The molecule has 0 saturated carbocycles. The van der Waals surface area contributed by atoms with Gasteiger partial charge in [-0.1, -0.05) is 12.1 Å². The first-order chi connectivity index (χ1) is 14.6. The Morgan fingerprint density at radius 3 is 2.53 bits per heavy atom. The fourth-order valence-corrected chi connectivity index (χ4v) is 4.36. The van der Waals surface area contributed by atoms with E-state index in [1.807, 2.05) is 6.92 Å². The molecule has 1 aromatic heterocycles. The lowest BCUT2D eigenvalue weighted by Crippen LogP contribution is -2.43. The summed E-state index contributed by atoms with van der Waals surface area (Å²) >= 11 is 0. The summed E-state index contributed by atoms with van der Waals surface area (Å²) in [6.07, 6.45) is 5.99. The molecule has 160 valence electrons. The van der Waals surface area contributed by atoms with Gasteiger partial charge in [-0.3, -0.25) is 4.79 Å². The van der Waals surface area contributed by atoms with Crippen molar-refractivity contribution in [3.05, 3.63) is 58.9 Å². The number of aryl methyl sites for hydroxylation is 1. The second-order valence-electron chi connectivity index (χ2n) is 8.19. The minimum Gasteiger partial charge on any atom is -0.381 e. The van der Waals surface area contributed by atoms with Crippen LogP contribution in [0.25, 0.3) is 0 Å². The SMILES string of the molecule is Cc1nc(C2CCN(C3CCOCC3)CC2)ncc1C(=O)NCc1ccc(F)cc1. The number of amides is 1. The average Bonchev–Trinajstić information content (AvgIpc) is 2.79. The highest BCUT2D eigenvalue weighted by atomic mass is 19.1. The van der Waals surface area contributed by atoms with E-state index in [9.17, 15) is 9.18 Å². The summed E-state index contributed by atoms with van der Waals surface area (Å²) in [7, 11) is 0. The largest absolute Gasteiger partial charge is 0.381 e. The van der Waals surface area contributed by atoms with Gasteiger partial charge < -0.3 is 15.0 Å². The summed E-state index contributed by atoms with van der Waals surface area (Å²) < 4.78 is 18.5. The molecule has 30 heavy (non-hydrogen) atoms. The van der Waals surface area contributed by atoms with Crippen LogP contribution in [0.4, 0.5) is 4.39 Å². The van der Waals surface area contributed by atoms with Gasteiger partial charge in [-0.05, 0) is 63.4 Å². The van der Waals surface area contributed by atoms with Gasteiger partial charge in [0.25, 0.3) is 5.91 Å². The first kappa shape index (κ1) is 20.9. The third-order valence-electron chi connectivity index (χ3n) is 6.21. The summed E-state index contributed by atoms with van der Waals surface area (Å²) in [5, 5.41) is 2.86. The number of ether oxygens (including phenoxy) is 1. The number of carbonyl (C=O) groups is 1. The van der Waals surface area contributed by atoms with E-state index >= 15 is 0 Å². The molecule has 2 saturated heterocycles. The van der Waals surface area contributed by atoms with E-state index in [0.29, 0.717) is 29.8 Å². The number of hydrogen-bond acceptors (Lipinski definition) is 5. The maximum Gasteiger partial charge on any atom is 0.254 e. The maximum atomic E-state index is 13.0. The molecule has 2 fully saturated rings. The number of halogens is 1. The molecular formula is C23H29FN4O2. The fraction of sp³-hybridized carbons (Fsp3) is 0.522. The minimum atomic E-state index is -0.288. The Labute approximate surface area is 176 Å². The number of carbonyl (C=O) groups excluding carboxylic acids is 1. The van der Waals surface area contributed by atoms with Crippen LogP contribution in [0.5, 0.6) is 0 Å². The smallest absolute Gasteiger partial charge is 0.254 e. The van der Waals surface area contributed by atoms with Gasteiger partial charge in [0.2, 0.25) is 0 Å². The zero-order valence-electron chi connectivity index (χ0n) is 17.4. The van der Waals surface area contributed by atoms with E-state index in [-0.39, 0.29) is 11.7 Å². The number of benzene rings is 1. The van der Waals surface area contributed by atoms with Crippen molar-refractivity contribution in [3.8, 4) is 0 Å². The van der Waals surface area contributed by atoms with E-state index in [0.717, 1.165) is 63.4 Å². The molecule has 4 rings (SSSR count). The highest BCUT2D eigenvalue weighted by Crippen LogP contribution is 2.28. The first-order valence-corrected chi connectivity index (χ1v) is 10.8. The van der Waals surface area contributed by atoms with Crippen LogP contribution in [0, 0.1) is 12.7 Å². The van der Waals surface area contributed by atoms with Crippen molar-refractivity contribution in [1.82, 2.24) is 20.2 Å². The third kappa shape index (κ3) is 5.02. The van der Waals surface area contributed by atoms with Crippen LogP contribution in [0.2, 0.25) is 0 Å². The number of nitrogens with zero attached hydrogens (tertiary/aromatic N) is 3. The lowest BCUT2D eigenvalue weighted by atomic mass is 9.93. The summed E-state index contributed by atoms with van der Waals surface area (Å²) in [5.41, 5.74) is 2.03. The van der Waals surface area contributed by atoms with Gasteiger partial charge >= 0.3 is 0 Å². The van der Waals surface area contributed by atoms with Crippen molar-refractivity contribution < 1.29 is 13.9 Å². The Bertz CT molecular complexity index is 860. The molecule has 7 heteroatoms. The number of nitrogens with one attached hydrogen (secondary N) is 1. The van der Waals surface area contributed by atoms with Gasteiger partial charge in [0, 0.05) is 37.9 Å². The maximum absolute atomic E-state index is 13.0. The quantitative estimate of drug-likeness (QED) is 0.817. The first-order valence-electron chi connectivity index (χ1n) is 10.8. The normalized spacial score (nSPS) is 19.0. The lowest BCUT2D eigenvalue weighted by Gasteiger charge is -2.38. The number of rotatable bonds is 5. The summed E-state index contributed by atoms with van der Waals surface area (Å²) in [5.74, 6) is 0.687. The van der Waals surface area contributed by atoms with Crippen LogP contribution in [0.3, 0.4) is 0 Å². The molecule has 0 spiro atoms. The highest BCUT2D eigenvalue weighted by Gasteiger charge is 2.28. The molecular weight excluding hydrogens is 383 g/mol. The molecule has 2 aliphatic rings. The molecule has 0 unspecified atom stereocenters. The van der Waals surface area contributed by atoms with Crippen LogP contribution in [-0.2, 0) is 11.3 Å². The molecule has 1 aromatic carbocycles. The number of likely N-dealkylation sites (tertiary alicyclic amines) is 1. The van der Waals surface area contributed by atoms with Gasteiger partial charge in [-0.15, -0.1) is 0 Å². The molecule has 3 heterocycles. The Hall–Kier alpha value is -2.38. The van der Waals surface area contributed by atoms with Crippen molar-refractivity contribution in [1.29, 1.82) is 0 Å². The summed E-state index contributed by atoms with van der Waals surface area (Å²) in [6, 6.07) is 6.74. The van der Waals surface area contributed by atoms with E-state index in [1.54, 1.807) is 18.3 Å². The minimum absolute atomic E-state index is 0.210. The van der Waals surface area contributed by atoms with Crippen LogP contribution in [-0.4, -0.2) is 53.1 Å². The standard InChI is InChI=1S/C23H29FN4O2/c1-16-21(23(29)26-14-17-2-4-19(24)5-3-17)15-25-22(27-16)18-6-10-28(11-7-18)20-8-12-30-13-9-20/h2-5,15,18,20H,6-14H2,1H3,(H,26,29). The molecule has 1 amide bonds. The van der Waals surface area contributed by atoms with Crippen molar-refractivity contribution in [2.45, 2.75) is 51.1 Å². The molecule has 0 radical (unpaired) electrons. The van der Waals surface area contributed by atoms with Gasteiger partial charge in [0.1, 0.15) is 11.6 Å². The van der Waals surface area contributed by atoms with Gasteiger partial charge in [-0.25, -0.2) is 14.4 Å². The number of aromatic nitrogens is 2. The van der Waals surface area contributed by atoms with Crippen molar-refractivity contribution >= 4 is 5.91 Å². The molecule has 0 aliphatic carbocycles. The third-order valence-corrected chi connectivity index (χ3v) is 6.21. The Morgan fingerprint density at radius 2 is 1.87 bits per heavy atom. The number of hydrogen-bond donors (Lipinski definition) is 1. The van der Waals surface area contributed by atoms with Crippen molar-refractivity contribution in [2.75, 3.05) is 26.3 Å². The molecule has 0 atom stereocenters.